The van der Waals surface area contributed by atoms with Crippen LogP contribution in [0.5, 0.6) is 0 Å². The van der Waals surface area contributed by atoms with Crippen LogP contribution in [0.25, 0.3) is 0 Å². The number of rotatable bonds is 14. The normalized spacial score (nSPS) is 17.5. The van der Waals surface area contributed by atoms with E-state index < -0.39 is 29.0 Å². The zero-order valence-corrected chi connectivity index (χ0v) is 24.3. The van der Waals surface area contributed by atoms with Crippen LogP contribution in [0.1, 0.15) is 67.8 Å². The fourth-order valence-corrected chi connectivity index (χ4v) is 5.62. The second-order valence-electron chi connectivity index (χ2n) is 11.2. The van der Waals surface area contributed by atoms with Gasteiger partial charge >= 0.3 is 0 Å². The molecule has 2 aromatic carbocycles. The Morgan fingerprint density at radius 3 is 2.51 bits per heavy atom. The van der Waals surface area contributed by atoms with Gasteiger partial charge in [0.05, 0.1) is 22.7 Å². The molecule has 0 aromatic heterocycles. The zero-order valence-electron chi connectivity index (χ0n) is 24.3. The summed E-state index contributed by atoms with van der Waals surface area (Å²) in [7, 11) is 0. The van der Waals surface area contributed by atoms with Crippen LogP contribution in [0.2, 0.25) is 0 Å². The van der Waals surface area contributed by atoms with Crippen molar-refractivity contribution >= 4 is 35.6 Å². The number of nitro benzene ring substituents is 1. The van der Waals surface area contributed by atoms with Crippen LogP contribution >= 0.6 is 0 Å². The maximum atomic E-state index is 13.6. The Morgan fingerprint density at radius 1 is 1.12 bits per heavy atom. The minimum Gasteiger partial charge on any atom is -0.461 e. The van der Waals surface area contributed by atoms with Crippen molar-refractivity contribution in [3.05, 3.63) is 69.8 Å². The van der Waals surface area contributed by atoms with Crippen molar-refractivity contribution in [1.82, 2.24) is 16.0 Å². The number of nitrogens with zero attached hydrogens (tertiary/aromatic N) is 2. The minimum absolute atomic E-state index is 0.00000157. The van der Waals surface area contributed by atoms with Crippen molar-refractivity contribution in [1.29, 1.82) is 0 Å². The molecule has 1 aliphatic heterocycles. The number of nitrogens with one attached hydrogen (secondary N) is 3. The molecule has 3 amide bonds. The number of benzene rings is 2. The molecular weight excluding hydrogens is 554 g/mol. The van der Waals surface area contributed by atoms with Crippen LogP contribution in [0, 0.1) is 10.1 Å². The summed E-state index contributed by atoms with van der Waals surface area (Å²) in [4.78, 5) is 62.8. The van der Waals surface area contributed by atoms with E-state index in [-0.39, 0.29) is 47.8 Å². The molecule has 0 bridgehead atoms. The standard InChI is InChI=1S/C31H39N5O7/c1-21(30(39)33-24-11-6-3-7-12-24)32-19-28(43-20-37)27(15-22-9-4-2-5-10-22)34-31(40)23-16-25(18-26(17-23)36(41)42)35-14-8-13-29(35)38/h2,4-5,9-10,16-18,20-21,24,27-28,32H,3,6-8,11-15,19H2,1H3,(H,33,39)(H,34,40)/t21-,27-,28+/m0/s1. The fourth-order valence-electron chi connectivity index (χ4n) is 5.62. The van der Waals surface area contributed by atoms with Gasteiger partial charge in [-0.15, -0.1) is 0 Å². The molecule has 1 saturated heterocycles. The third-order valence-corrected chi connectivity index (χ3v) is 8.02. The van der Waals surface area contributed by atoms with Crippen LogP contribution in [0.3, 0.4) is 0 Å². The van der Waals surface area contributed by atoms with Gasteiger partial charge in [-0.25, -0.2) is 0 Å². The van der Waals surface area contributed by atoms with Crippen molar-refractivity contribution in [3.63, 3.8) is 0 Å². The maximum absolute atomic E-state index is 13.6. The van der Waals surface area contributed by atoms with Gasteiger partial charge in [0.2, 0.25) is 11.8 Å². The molecule has 2 fully saturated rings. The van der Waals surface area contributed by atoms with Gasteiger partial charge in [-0.2, -0.15) is 0 Å². The SMILES string of the molecule is C[C@H](NC[C@@H](OC=O)[C@H](Cc1ccccc1)NC(=O)c1cc(N2CCCC2=O)cc([N+](=O)[O-])c1)C(=O)NC1CCCCC1. The summed E-state index contributed by atoms with van der Waals surface area (Å²) in [5, 5.41) is 20.8. The van der Waals surface area contributed by atoms with Crippen molar-refractivity contribution < 1.29 is 28.8 Å². The average molecular weight is 594 g/mol. The Balaban J connectivity index is 1.53. The number of hydrogen-bond donors (Lipinski definition) is 3. The Labute approximate surface area is 250 Å². The molecule has 43 heavy (non-hydrogen) atoms. The summed E-state index contributed by atoms with van der Waals surface area (Å²) in [5.41, 5.74) is 0.821. The number of carbonyl (C=O) groups excluding carboxylic acids is 4. The highest BCUT2D eigenvalue weighted by Crippen LogP contribution is 2.28. The number of amides is 3. The van der Waals surface area contributed by atoms with Gasteiger partial charge in [0.1, 0.15) is 6.10 Å². The van der Waals surface area contributed by atoms with Crippen LogP contribution in [-0.2, 0) is 25.5 Å². The van der Waals surface area contributed by atoms with Gasteiger partial charge in [-0.1, -0.05) is 49.6 Å². The lowest BCUT2D eigenvalue weighted by atomic mass is 9.95. The zero-order chi connectivity index (χ0) is 30.8. The Morgan fingerprint density at radius 2 is 1.86 bits per heavy atom. The van der Waals surface area contributed by atoms with Gasteiger partial charge in [-0.05, 0) is 44.2 Å². The minimum atomic E-state index is -0.870. The van der Waals surface area contributed by atoms with E-state index in [1.165, 1.54) is 23.5 Å². The first-order chi connectivity index (χ1) is 20.7. The number of hydrogen-bond acceptors (Lipinski definition) is 8. The Kier molecular flexibility index (Phi) is 11.2. The topological polar surface area (TPSA) is 160 Å². The molecule has 12 nitrogen and oxygen atoms in total. The lowest BCUT2D eigenvalue weighted by Crippen LogP contribution is -2.53. The first kappa shape index (κ1) is 31.6. The van der Waals surface area contributed by atoms with Gasteiger partial charge < -0.3 is 25.6 Å². The Hall–Kier alpha value is -4.32. The average Bonchev–Trinajstić information content (AvgIpc) is 3.45. The number of anilines is 1. The van der Waals surface area contributed by atoms with Crippen molar-refractivity contribution in [2.75, 3.05) is 18.0 Å². The molecule has 3 N–H and O–H groups in total. The third-order valence-electron chi connectivity index (χ3n) is 8.02. The number of nitro groups is 1. The molecule has 4 rings (SSSR count). The molecule has 1 aliphatic carbocycles. The van der Waals surface area contributed by atoms with Crippen molar-refractivity contribution in [2.24, 2.45) is 0 Å². The molecule has 2 aromatic rings. The number of non-ortho nitro benzene ring substituents is 1. The first-order valence-electron chi connectivity index (χ1n) is 14.8. The van der Waals surface area contributed by atoms with Crippen LogP contribution < -0.4 is 20.9 Å². The molecule has 230 valence electrons. The molecule has 3 atom stereocenters. The fraction of sp³-hybridized carbons (Fsp3) is 0.484. The summed E-state index contributed by atoms with van der Waals surface area (Å²) < 4.78 is 5.42. The predicted molar refractivity (Wildman–Crippen MR) is 160 cm³/mol. The second kappa shape index (κ2) is 15.2. The highest BCUT2D eigenvalue weighted by atomic mass is 16.6. The highest BCUT2D eigenvalue weighted by Gasteiger charge is 2.30. The van der Waals surface area contributed by atoms with Crippen molar-refractivity contribution in [2.45, 2.75) is 82.5 Å². The molecule has 0 radical (unpaired) electrons. The van der Waals surface area contributed by atoms with E-state index in [1.54, 1.807) is 6.92 Å². The Bertz CT molecular complexity index is 1300. The molecule has 2 aliphatic rings. The van der Waals surface area contributed by atoms with Gasteiger partial charge in [0.15, 0.2) is 0 Å². The number of carbonyl (C=O) groups is 4. The molecule has 1 saturated carbocycles. The molecule has 12 heteroatoms. The highest BCUT2D eigenvalue weighted by molar-refractivity contribution is 6.00. The molecule has 1 heterocycles. The molecule has 0 spiro atoms. The molecule has 0 unspecified atom stereocenters. The number of ether oxygens (including phenoxy) is 1. The van der Waals surface area contributed by atoms with Crippen LogP contribution in [0.15, 0.2) is 48.5 Å². The van der Waals surface area contributed by atoms with Crippen molar-refractivity contribution in [3.8, 4) is 0 Å². The second-order valence-corrected chi connectivity index (χ2v) is 11.2. The maximum Gasteiger partial charge on any atom is 0.293 e. The van der Waals surface area contributed by atoms with E-state index in [1.807, 2.05) is 30.3 Å². The van der Waals surface area contributed by atoms with E-state index in [0.29, 0.717) is 25.9 Å². The quantitative estimate of drug-likeness (QED) is 0.171. The largest absolute Gasteiger partial charge is 0.461 e. The van der Waals surface area contributed by atoms with Gasteiger partial charge in [-0.3, -0.25) is 29.3 Å². The predicted octanol–water partition coefficient (Wildman–Crippen LogP) is 3.03. The lowest BCUT2D eigenvalue weighted by molar-refractivity contribution is -0.384. The van der Waals surface area contributed by atoms with Crippen LogP contribution in [0.4, 0.5) is 11.4 Å². The van der Waals surface area contributed by atoms with E-state index in [4.69, 9.17) is 4.74 Å². The van der Waals surface area contributed by atoms with Gasteiger partial charge in [0.25, 0.3) is 18.1 Å². The van der Waals surface area contributed by atoms with E-state index in [2.05, 4.69) is 16.0 Å². The van der Waals surface area contributed by atoms with E-state index in [0.717, 1.165) is 37.3 Å². The lowest BCUT2D eigenvalue weighted by Gasteiger charge is -2.29. The molecular formula is C31H39N5O7. The van der Waals surface area contributed by atoms with E-state index in [9.17, 15) is 29.3 Å². The van der Waals surface area contributed by atoms with E-state index >= 15 is 0 Å². The van der Waals surface area contributed by atoms with Crippen LogP contribution in [-0.4, -0.2) is 66.4 Å². The van der Waals surface area contributed by atoms with Gasteiger partial charge in [0, 0.05) is 43.2 Å². The summed E-state index contributed by atoms with van der Waals surface area (Å²) in [6, 6.07) is 12.0. The smallest absolute Gasteiger partial charge is 0.293 e. The monoisotopic (exact) mass is 593 g/mol. The summed E-state index contributed by atoms with van der Waals surface area (Å²) in [6.07, 6.45) is 5.61. The summed E-state index contributed by atoms with van der Waals surface area (Å²) >= 11 is 0. The summed E-state index contributed by atoms with van der Waals surface area (Å²) in [5.74, 6) is -0.943. The first-order valence-corrected chi connectivity index (χ1v) is 14.8. The third kappa shape index (κ3) is 8.84. The summed E-state index contributed by atoms with van der Waals surface area (Å²) in [6.45, 7) is 2.50.